The third-order valence-corrected chi connectivity index (χ3v) is 6.75. The van der Waals surface area contributed by atoms with Crippen LogP contribution in [-0.4, -0.2) is 77.8 Å². The molecular weight excluding hydrogens is 370 g/mol. The van der Waals surface area contributed by atoms with Crippen molar-refractivity contribution in [1.29, 1.82) is 0 Å². The number of aryl methyl sites for hydroxylation is 1. The van der Waals surface area contributed by atoms with Gasteiger partial charge in [0.05, 0.1) is 37.4 Å². The monoisotopic (exact) mass is 393 g/mol. The number of morpholine rings is 2. The summed E-state index contributed by atoms with van der Waals surface area (Å²) in [5.74, 6) is 0. The highest BCUT2D eigenvalue weighted by molar-refractivity contribution is 7.86. The predicted molar refractivity (Wildman–Crippen MR) is 98.0 cm³/mol. The smallest absolute Gasteiger partial charge is 0.282 e. The fourth-order valence-electron chi connectivity index (χ4n) is 3.30. The van der Waals surface area contributed by atoms with Crippen LogP contribution in [0.5, 0.6) is 0 Å². The van der Waals surface area contributed by atoms with E-state index in [9.17, 15) is 8.42 Å². The lowest BCUT2D eigenvalue weighted by Gasteiger charge is -2.36. The van der Waals surface area contributed by atoms with Gasteiger partial charge < -0.3 is 9.47 Å². The average molecular weight is 393 g/mol. The Morgan fingerprint density at radius 1 is 1.11 bits per heavy atom. The van der Waals surface area contributed by atoms with Gasteiger partial charge in [0.15, 0.2) is 0 Å². The summed E-state index contributed by atoms with van der Waals surface area (Å²) in [6.45, 7) is 2.58. The molecule has 2 aromatic rings. The molecule has 0 bridgehead atoms. The average Bonchev–Trinajstić information content (AvgIpc) is 3.15. The van der Waals surface area contributed by atoms with Gasteiger partial charge in [0.2, 0.25) is 0 Å². The van der Waals surface area contributed by atoms with Crippen molar-refractivity contribution in [2.24, 2.45) is 7.05 Å². The van der Waals surface area contributed by atoms with E-state index >= 15 is 0 Å². The van der Waals surface area contributed by atoms with Gasteiger partial charge in [0.25, 0.3) is 10.2 Å². The van der Waals surface area contributed by atoms with Gasteiger partial charge in [-0.05, 0) is 12.1 Å². The van der Waals surface area contributed by atoms with E-state index in [0.717, 1.165) is 17.0 Å². The second-order valence-electron chi connectivity index (χ2n) is 6.59. The molecule has 4 heterocycles. The number of hydrogen-bond acceptors (Lipinski definition) is 6. The highest BCUT2D eigenvalue weighted by Crippen LogP contribution is 2.26. The molecule has 0 N–H and O–H groups in total. The van der Waals surface area contributed by atoms with Gasteiger partial charge in [-0.1, -0.05) is 6.07 Å². The molecule has 2 aromatic heterocycles. The van der Waals surface area contributed by atoms with Crippen molar-refractivity contribution in [1.82, 2.24) is 23.4 Å². The summed E-state index contributed by atoms with van der Waals surface area (Å²) in [6.07, 6.45) is 3.25. The maximum absolute atomic E-state index is 12.9. The molecular formula is C17H23N5O4S. The zero-order chi connectivity index (χ0) is 18.9. The molecule has 9 nitrogen and oxygen atoms in total. The van der Waals surface area contributed by atoms with E-state index in [-0.39, 0.29) is 6.54 Å². The Morgan fingerprint density at radius 3 is 2.63 bits per heavy atom. The van der Waals surface area contributed by atoms with Crippen molar-refractivity contribution in [3.8, 4) is 11.3 Å². The molecule has 1 atom stereocenters. The summed E-state index contributed by atoms with van der Waals surface area (Å²) in [6, 6.07) is 5.68. The molecule has 146 valence electrons. The molecule has 10 heteroatoms. The fourth-order valence-corrected chi connectivity index (χ4v) is 4.87. The van der Waals surface area contributed by atoms with Crippen LogP contribution in [0.1, 0.15) is 11.8 Å². The molecule has 1 unspecified atom stereocenters. The Balaban J connectivity index is 1.53. The molecule has 0 aliphatic carbocycles. The predicted octanol–water partition coefficient (Wildman–Crippen LogP) is 0.432. The highest BCUT2D eigenvalue weighted by atomic mass is 32.2. The minimum atomic E-state index is -3.52. The first kappa shape index (κ1) is 18.5. The first-order chi connectivity index (χ1) is 13.0. The van der Waals surface area contributed by atoms with Gasteiger partial charge in [-0.2, -0.15) is 22.1 Å². The molecule has 4 rings (SSSR count). The van der Waals surface area contributed by atoms with Crippen molar-refractivity contribution < 1.29 is 17.9 Å². The Morgan fingerprint density at radius 2 is 1.89 bits per heavy atom. The van der Waals surface area contributed by atoms with Crippen LogP contribution >= 0.6 is 0 Å². The lowest BCUT2D eigenvalue weighted by Crippen LogP contribution is -2.52. The summed E-state index contributed by atoms with van der Waals surface area (Å²) < 4.78 is 41.6. The normalized spacial score (nSPS) is 22.8. The van der Waals surface area contributed by atoms with Crippen molar-refractivity contribution in [2.75, 3.05) is 46.0 Å². The van der Waals surface area contributed by atoms with Crippen LogP contribution in [0.3, 0.4) is 0 Å². The quantitative estimate of drug-likeness (QED) is 0.749. The first-order valence-electron chi connectivity index (χ1n) is 8.94. The zero-order valence-corrected chi connectivity index (χ0v) is 16.0. The van der Waals surface area contributed by atoms with Crippen molar-refractivity contribution in [2.45, 2.75) is 6.10 Å². The number of nitrogens with zero attached hydrogens (tertiary/aromatic N) is 5. The fraction of sp³-hybridized carbons (Fsp3) is 0.529. The van der Waals surface area contributed by atoms with E-state index in [1.807, 2.05) is 31.4 Å². The first-order valence-corrected chi connectivity index (χ1v) is 10.3. The maximum atomic E-state index is 12.9. The van der Waals surface area contributed by atoms with Crippen LogP contribution in [0.25, 0.3) is 11.3 Å². The van der Waals surface area contributed by atoms with E-state index < -0.39 is 16.3 Å². The molecule has 0 aromatic carbocycles. The minimum absolute atomic E-state index is 0.253. The van der Waals surface area contributed by atoms with Crippen LogP contribution < -0.4 is 0 Å². The Bertz CT molecular complexity index is 894. The summed E-state index contributed by atoms with van der Waals surface area (Å²) in [4.78, 5) is 4.68. The maximum Gasteiger partial charge on any atom is 0.282 e. The van der Waals surface area contributed by atoms with Crippen LogP contribution in [0, 0.1) is 0 Å². The van der Waals surface area contributed by atoms with E-state index in [1.165, 1.54) is 8.61 Å². The van der Waals surface area contributed by atoms with E-state index in [4.69, 9.17) is 9.47 Å². The van der Waals surface area contributed by atoms with Crippen LogP contribution in [0.4, 0.5) is 0 Å². The van der Waals surface area contributed by atoms with Gasteiger partial charge in [0, 0.05) is 45.0 Å². The molecule has 2 aliphatic rings. The topological polar surface area (TPSA) is 89.8 Å². The lowest BCUT2D eigenvalue weighted by molar-refractivity contribution is -0.00838. The van der Waals surface area contributed by atoms with Crippen molar-refractivity contribution in [3.63, 3.8) is 0 Å². The van der Waals surface area contributed by atoms with Crippen LogP contribution in [0.15, 0.2) is 30.6 Å². The third-order valence-electron chi connectivity index (χ3n) is 4.75. The van der Waals surface area contributed by atoms with Crippen molar-refractivity contribution >= 4 is 10.2 Å². The molecule has 2 fully saturated rings. The minimum Gasteiger partial charge on any atom is -0.379 e. The molecule has 0 amide bonds. The summed E-state index contributed by atoms with van der Waals surface area (Å²) >= 11 is 0. The number of pyridine rings is 1. The van der Waals surface area contributed by atoms with E-state index in [0.29, 0.717) is 39.5 Å². The second-order valence-corrected chi connectivity index (χ2v) is 8.52. The highest BCUT2D eigenvalue weighted by Gasteiger charge is 2.35. The molecule has 0 spiro atoms. The summed E-state index contributed by atoms with van der Waals surface area (Å²) in [7, 11) is -1.67. The second kappa shape index (κ2) is 7.64. The standard InChI is InChI=1S/C17H23N5O4S/c1-20-12-14(11-18-20)15-3-2-4-16(19-15)17-13-22(7-10-26-17)27(23,24)21-5-8-25-9-6-21/h2-4,11-12,17H,5-10,13H2,1H3. The number of rotatable bonds is 4. The zero-order valence-electron chi connectivity index (χ0n) is 15.2. The van der Waals surface area contributed by atoms with Gasteiger partial charge in [-0.3, -0.25) is 4.68 Å². The molecule has 0 radical (unpaired) electrons. The van der Waals surface area contributed by atoms with Crippen molar-refractivity contribution in [3.05, 3.63) is 36.3 Å². The van der Waals surface area contributed by atoms with E-state index in [2.05, 4.69) is 10.1 Å². The SMILES string of the molecule is Cn1cc(-c2cccc(C3CN(S(=O)(=O)N4CCOCC4)CCO3)n2)cn1. The number of hydrogen-bond donors (Lipinski definition) is 0. The van der Waals surface area contributed by atoms with Gasteiger partial charge in [-0.25, -0.2) is 4.98 Å². The van der Waals surface area contributed by atoms with Gasteiger partial charge >= 0.3 is 0 Å². The third kappa shape index (κ3) is 3.90. The summed E-state index contributed by atoms with van der Waals surface area (Å²) in [5.41, 5.74) is 2.42. The molecule has 27 heavy (non-hydrogen) atoms. The van der Waals surface area contributed by atoms with E-state index in [1.54, 1.807) is 10.9 Å². The number of aromatic nitrogens is 3. The Kier molecular flexibility index (Phi) is 5.24. The van der Waals surface area contributed by atoms with Gasteiger partial charge in [-0.15, -0.1) is 0 Å². The van der Waals surface area contributed by atoms with Gasteiger partial charge in [0.1, 0.15) is 6.10 Å². The molecule has 2 aliphatic heterocycles. The Labute approximate surface area is 158 Å². The summed E-state index contributed by atoms with van der Waals surface area (Å²) in [5, 5.41) is 4.17. The van der Waals surface area contributed by atoms with Crippen LogP contribution in [0.2, 0.25) is 0 Å². The number of ether oxygens (including phenoxy) is 2. The lowest BCUT2D eigenvalue weighted by atomic mass is 10.1. The molecule has 2 saturated heterocycles. The molecule has 0 saturated carbocycles. The largest absolute Gasteiger partial charge is 0.379 e. The Hall–Kier alpha value is -1.85. The van der Waals surface area contributed by atoms with Crippen LogP contribution in [-0.2, 0) is 26.7 Å².